The number of nitrogens with one attached hydrogen (secondary N) is 1. The van der Waals surface area contributed by atoms with Crippen molar-refractivity contribution in [2.24, 2.45) is 13.0 Å². The molecule has 19 heavy (non-hydrogen) atoms. The van der Waals surface area contributed by atoms with Crippen molar-refractivity contribution < 1.29 is 9.53 Å². The number of hydrogen-bond acceptors (Lipinski definition) is 5. The summed E-state index contributed by atoms with van der Waals surface area (Å²) in [6.07, 6.45) is 1.82. The van der Waals surface area contributed by atoms with Crippen molar-refractivity contribution in [2.75, 3.05) is 26.1 Å². The van der Waals surface area contributed by atoms with Gasteiger partial charge in [0.2, 0.25) is 5.95 Å². The van der Waals surface area contributed by atoms with Gasteiger partial charge in [0.05, 0.1) is 19.0 Å². The van der Waals surface area contributed by atoms with Crippen molar-refractivity contribution in [2.45, 2.75) is 26.4 Å². The van der Waals surface area contributed by atoms with Gasteiger partial charge in [-0.2, -0.15) is 0 Å². The van der Waals surface area contributed by atoms with Crippen LogP contribution in [0.4, 0.5) is 5.95 Å². The fourth-order valence-electron chi connectivity index (χ4n) is 1.95. The Balaban J connectivity index is 2.72. The molecule has 0 radical (unpaired) electrons. The van der Waals surface area contributed by atoms with Crippen molar-refractivity contribution in [3.63, 3.8) is 0 Å². The maximum Gasteiger partial charge on any atom is 0.323 e. The standard InChI is InChI=1S/C13H24N4O2/c1-9(2)11(12(18)19-6)14-7-10-8-15-13(16(3)4)17(10)5/h8-9,11,14H,7H2,1-6H3. The first-order valence-electron chi connectivity index (χ1n) is 6.37. The first-order valence-corrected chi connectivity index (χ1v) is 6.37. The molecule has 0 amide bonds. The Kier molecular flexibility index (Phi) is 5.35. The highest BCUT2D eigenvalue weighted by Gasteiger charge is 2.22. The minimum Gasteiger partial charge on any atom is -0.468 e. The van der Waals surface area contributed by atoms with E-state index >= 15 is 0 Å². The summed E-state index contributed by atoms with van der Waals surface area (Å²) in [5, 5.41) is 3.23. The molecule has 108 valence electrons. The van der Waals surface area contributed by atoms with Gasteiger partial charge in [0.1, 0.15) is 6.04 Å². The van der Waals surface area contributed by atoms with Crippen molar-refractivity contribution in [1.29, 1.82) is 0 Å². The molecule has 1 N–H and O–H groups in total. The van der Waals surface area contributed by atoms with Gasteiger partial charge in [-0.3, -0.25) is 10.1 Å². The summed E-state index contributed by atoms with van der Waals surface area (Å²) in [5.41, 5.74) is 1.03. The molecule has 0 fully saturated rings. The Morgan fingerprint density at radius 2 is 2.16 bits per heavy atom. The topological polar surface area (TPSA) is 59.4 Å². The first kappa shape index (κ1) is 15.5. The summed E-state index contributed by atoms with van der Waals surface area (Å²) >= 11 is 0. The number of nitrogens with zero attached hydrogens (tertiary/aromatic N) is 3. The van der Waals surface area contributed by atoms with E-state index in [1.54, 1.807) is 0 Å². The van der Waals surface area contributed by atoms with E-state index in [-0.39, 0.29) is 17.9 Å². The molecular formula is C13H24N4O2. The van der Waals surface area contributed by atoms with Gasteiger partial charge in [-0.25, -0.2) is 4.98 Å². The number of carbonyl (C=O) groups is 1. The summed E-state index contributed by atoms with van der Waals surface area (Å²) in [4.78, 5) is 17.9. The van der Waals surface area contributed by atoms with Crippen LogP contribution in [0, 0.1) is 5.92 Å². The molecule has 0 bridgehead atoms. The van der Waals surface area contributed by atoms with Crippen molar-refractivity contribution >= 4 is 11.9 Å². The van der Waals surface area contributed by atoms with E-state index in [1.807, 2.05) is 50.7 Å². The van der Waals surface area contributed by atoms with E-state index in [9.17, 15) is 4.79 Å². The molecule has 6 nitrogen and oxygen atoms in total. The Morgan fingerprint density at radius 3 is 2.58 bits per heavy atom. The average molecular weight is 268 g/mol. The van der Waals surface area contributed by atoms with Gasteiger partial charge < -0.3 is 14.2 Å². The van der Waals surface area contributed by atoms with Gasteiger partial charge in [0.15, 0.2) is 0 Å². The lowest BCUT2D eigenvalue weighted by Gasteiger charge is -2.20. The molecule has 0 aliphatic rings. The normalized spacial score (nSPS) is 12.6. The average Bonchev–Trinajstić information content (AvgIpc) is 2.70. The molecule has 1 atom stereocenters. The third-order valence-corrected chi connectivity index (χ3v) is 3.08. The van der Waals surface area contributed by atoms with E-state index in [4.69, 9.17) is 4.74 Å². The number of imidazole rings is 1. The fraction of sp³-hybridized carbons (Fsp3) is 0.692. The fourth-order valence-corrected chi connectivity index (χ4v) is 1.95. The van der Waals surface area contributed by atoms with Crippen LogP contribution in [0.25, 0.3) is 0 Å². The summed E-state index contributed by atoms with van der Waals surface area (Å²) in [6.45, 7) is 4.56. The van der Waals surface area contributed by atoms with Crippen LogP contribution in [0.2, 0.25) is 0 Å². The van der Waals surface area contributed by atoms with Crippen LogP contribution in [0.5, 0.6) is 0 Å². The van der Waals surface area contributed by atoms with E-state index in [0.717, 1.165) is 11.6 Å². The van der Waals surface area contributed by atoms with Crippen molar-refractivity contribution in [3.8, 4) is 0 Å². The summed E-state index contributed by atoms with van der Waals surface area (Å²) in [5.74, 6) is 0.829. The van der Waals surface area contributed by atoms with Gasteiger partial charge in [0.25, 0.3) is 0 Å². The summed E-state index contributed by atoms with van der Waals surface area (Å²) in [6, 6.07) is -0.303. The van der Waals surface area contributed by atoms with E-state index in [1.165, 1.54) is 7.11 Å². The SMILES string of the molecule is COC(=O)C(NCc1cnc(N(C)C)n1C)C(C)C. The Labute approximate surface area is 114 Å². The lowest BCUT2D eigenvalue weighted by Crippen LogP contribution is -2.41. The van der Waals surface area contributed by atoms with E-state index in [2.05, 4.69) is 10.3 Å². The number of anilines is 1. The second kappa shape index (κ2) is 6.56. The predicted octanol–water partition coefficient (Wildman–Crippen LogP) is 0.773. The molecule has 0 aromatic carbocycles. The number of ether oxygens (including phenoxy) is 1. The molecule has 1 rings (SSSR count). The molecule has 0 saturated heterocycles. The molecular weight excluding hydrogens is 244 g/mol. The lowest BCUT2D eigenvalue weighted by molar-refractivity contribution is -0.144. The van der Waals surface area contributed by atoms with E-state index in [0.29, 0.717) is 6.54 Å². The number of methoxy groups -OCH3 is 1. The highest BCUT2D eigenvalue weighted by atomic mass is 16.5. The van der Waals surface area contributed by atoms with E-state index < -0.39 is 0 Å². The number of esters is 1. The molecule has 1 aromatic heterocycles. The second-order valence-electron chi connectivity index (χ2n) is 5.13. The van der Waals surface area contributed by atoms with Crippen molar-refractivity contribution in [3.05, 3.63) is 11.9 Å². The largest absolute Gasteiger partial charge is 0.468 e. The highest BCUT2D eigenvalue weighted by molar-refractivity contribution is 5.75. The Bertz CT molecular complexity index is 426. The second-order valence-corrected chi connectivity index (χ2v) is 5.13. The van der Waals surface area contributed by atoms with Gasteiger partial charge in [0, 0.05) is 27.7 Å². The molecule has 1 heterocycles. The Morgan fingerprint density at radius 1 is 1.53 bits per heavy atom. The third-order valence-electron chi connectivity index (χ3n) is 3.08. The summed E-state index contributed by atoms with van der Waals surface area (Å²) in [7, 11) is 7.27. The number of rotatable bonds is 6. The molecule has 0 spiro atoms. The monoisotopic (exact) mass is 268 g/mol. The number of hydrogen-bond donors (Lipinski definition) is 1. The molecule has 6 heteroatoms. The first-order chi connectivity index (χ1) is 8.88. The quantitative estimate of drug-likeness (QED) is 0.772. The van der Waals surface area contributed by atoms with Crippen LogP contribution in [-0.4, -0.2) is 42.8 Å². The van der Waals surface area contributed by atoms with Crippen molar-refractivity contribution in [1.82, 2.24) is 14.9 Å². The maximum absolute atomic E-state index is 11.7. The minimum atomic E-state index is -0.303. The minimum absolute atomic E-state index is 0.175. The summed E-state index contributed by atoms with van der Waals surface area (Å²) < 4.78 is 6.81. The van der Waals surface area contributed by atoms with Gasteiger partial charge in [-0.15, -0.1) is 0 Å². The van der Waals surface area contributed by atoms with Crippen LogP contribution in [0.15, 0.2) is 6.20 Å². The zero-order valence-electron chi connectivity index (χ0n) is 12.6. The van der Waals surface area contributed by atoms with Crippen LogP contribution < -0.4 is 10.2 Å². The Hall–Kier alpha value is -1.56. The van der Waals surface area contributed by atoms with Gasteiger partial charge >= 0.3 is 5.97 Å². The number of carbonyl (C=O) groups excluding carboxylic acids is 1. The smallest absolute Gasteiger partial charge is 0.323 e. The maximum atomic E-state index is 11.7. The van der Waals surface area contributed by atoms with Gasteiger partial charge in [-0.1, -0.05) is 13.8 Å². The molecule has 1 unspecified atom stereocenters. The van der Waals surface area contributed by atoms with Crippen LogP contribution in [-0.2, 0) is 23.1 Å². The molecule has 0 aliphatic heterocycles. The third kappa shape index (κ3) is 3.70. The van der Waals surface area contributed by atoms with Gasteiger partial charge in [-0.05, 0) is 5.92 Å². The molecule has 0 saturated carbocycles. The molecule has 1 aromatic rings. The van der Waals surface area contributed by atoms with Crippen LogP contribution in [0.3, 0.4) is 0 Å². The zero-order valence-corrected chi connectivity index (χ0v) is 12.6. The predicted molar refractivity (Wildman–Crippen MR) is 75.0 cm³/mol. The zero-order chi connectivity index (χ0) is 14.6. The highest BCUT2D eigenvalue weighted by Crippen LogP contribution is 2.12. The van der Waals surface area contributed by atoms with Crippen LogP contribution in [0.1, 0.15) is 19.5 Å². The lowest BCUT2D eigenvalue weighted by atomic mass is 10.0. The van der Waals surface area contributed by atoms with Crippen LogP contribution >= 0.6 is 0 Å². The number of aromatic nitrogens is 2. The molecule has 0 aliphatic carbocycles.